The van der Waals surface area contributed by atoms with Gasteiger partial charge >= 0.3 is 0 Å². The van der Waals surface area contributed by atoms with Crippen molar-refractivity contribution in [3.63, 3.8) is 0 Å². The average Bonchev–Trinajstić information content (AvgIpc) is 1.29. The van der Waals surface area contributed by atoms with Crippen molar-refractivity contribution in [3.8, 4) is 0 Å². The zero-order chi connectivity index (χ0) is 111. The summed E-state index contributed by atoms with van der Waals surface area (Å²) in [4.78, 5) is 46.5. The molecule has 0 fully saturated rings. The van der Waals surface area contributed by atoms with E-state index in [1.165, 1.54) is 89.6 Å². The summed E-state index contributed by atoms with van der Waals surface area (Å²) in [7, 11) is 3.91. The molecule has 0 atom stereocenters. The van der Waals surface area contributed by atoms with Crippen LogP contribution in [0.4, 0.5) is 0 Å². The lowest BCUT2D eigenvalue weighted by Crippen LogP contribution is -2.12. The number of allylic oxidation sites excluding steroid dienone is 6. The van der Waals surface area contributed by atoms with Crippen molar-refractivity contribution in [2.75, 3.05) is 13.1 Å². The largest absolute Gasteiger partial charge is 0.451 e. The topological polar surface area (TPSA) is 190 Å². The monoisotopic (exact) mass is 2040 g/mol. The van der Waals surface area contributed by atoms with Crippen LogP contribution in [0.3, 0.4) is 0 Å². The maximum atomic E-state index is 4.76. The molecule has 1 aliphatic carbocycles. The quantitative estimate of drug-likeness (QED) is 0.113. The first kappa shape index (κ1) is 132. The molecule has 0 radical (unpaired) electrons. The van der Waals surface area contributed by atoms with Gasteiger partial charge in [-0.15, -0.1) is 11.3 Å². The molecule has 0 N–H and O–H groups in total. The van der Waals surface area contributed by atoms with Gasteiger partial charge in [0.15, 0.2) is 6.39 Å². The normalized spacial score (nSPS) is 12.0. The Bertz CT molecular complexity index is 5460. The van der Waals surface area contributed by atoms with Crippen LogP contribution in [0.5, 0.6) is 0 Å². The summed E-state index contributed by atoms with van der Waals surface area (Å²) in [6, 6.07) is 55.9. The summed E-state index contributed by atoms with van der Waals surface area (Å²) in [6.45, 7) is 84.4. The first-order chi connectivity index (χ1) is 69.6. The first-order valence-corrected chi connectivity index (χ1v) is 54.9. The number of aryl methyl sites for hydroxylation is 3. The number of hydrogen-bond donors (Lipinski definition) is 0. The highest BCUT2D eigenvalue weighted by atomic mass is 32.1. The van der Waals surface area contributed by atoms with Gasteiger partial charge in [-0.3, -0.25) is 49.3 Å². The molecule has 18 heteroatoms. The minimum Gasteiger partial charge on any atom is -0.451 e. The molecule has 12 aromatic heterocycles. The van der Waals surface area contributed by atoms with E-state index < -0.39 is 0 Å². The molecule has 16 nitrogen and oxygen atoms in total. The number of hydrogen-bond acceptors (Lipinski definition) is 16. The third kappa shape index (κ3) is 58.7. The third-order valence-corrected chi connectivity index (χ3v) is 24.9. The van der Waals surface area contributed by atoms with E-state index >= 15 is 0 Å². The van der Waals surface area contributed by atoms with E-state index in [9.17, 15) is 0 Å². The lowest BCUT2D eigenvalue weighted by Gasteiger charge is -2.18. The van der Waals surface area contributed by atoms with E-state index in [1.807, 2.05) is 188 Å². The molecule has 0 bridgehead atoms. The third-order valence-electron chi connectivity index (χ3n) is 22.9. The Morgan fingerprint density at radius 2 is 0.905 bits per heavy atom. The average molecular weight is 2040 g/mol. The van der Waals surface area contributed by atoms with Crippen LogP contribution in [-0.2, 0) is 35.8 Å². The Hall–Kier alpha value is -12.0. The fraction of sp³-hybridized carbons (Fsp3) is 0.454. The summed E-state index contributed by atoms with van der Waals surface area (Å²) in [5, 5.41) is 16.2. The van der Waals surface area contributed by atoms with E-state index in [4.69, 9.17) is 4.42 Å². The van der Waals surface area contributed by atoms with Crippen molar-refractivity contribution < 1.29 is 4.42 Å². The molecule has 2 aliphatic heterocycles. The van der Waals surface area contributed by atoms with E-state index in [-0.39, 0.29) is 5.41 Å². The second kappa shape index (κ2) is 71.6. The number of oxazole rings is 1. The summed E-state index contributed by atoms with van der Waals surface area (Å²) < 4.78 is 8.51. The van der Waals surface area contributed by atoms with Crippen molar-refractivity contribution >= 4 is 45.0 Å². The maximum absolute atomic E-state index is 4.76. The minimum atomic E-state index is 0.182. The van der Waals surface area contributed by atoms with Gasteiger partial charge < -0.3 is 4.42 Å². The number of rotatable bonds is 12. The van der Waals surface area contributed by atoms with E-state index in [2.05, 4.69) is 460 Å². The van der Waals surface area contributed by atoms with Crippen LogP contribution >= 0.6 is 22.7 Å². The Kier molecular flexibility index (Phi) is 63.9. The number of aromatic nitrogens is 13. The molecule has 0 saturated heterocycles. The van der Waals surface area contributed by atoms with Gasteiger partial charge in [0.05, 0.1) is 35.7 Å². The molecule has 0 spiro atoms. The highest BCUT2D eigenvalue weighted by Gasteiger charge is 2.17. The smallest absolute Gasteiger partial charge is 0.180 e. The number of aliphatic imine (C=N–C) groups is 2. The van der Waals surface area contributed by atoms with Crippen LogP contribution in [0, 0.1) is 24.7 Å². The first-order valence-electron chi connectivity index (χ1n) is 53.0. The van der Waals surface area contributed by atoms with Crippen molar-refractivity contribution in [2.45, 2.75) is 344 Å². The molecule has 14 aromatic rings. The van der Waals surface area contributed by atoms with Gasteiger partial charge in [0.1, 0.15) is 12.6 Å². The van der Waals surface area contributed by atoms with Gasteiger partial charge in [0.2, 0.25) is 0 Å². The SMILES string of the molecule is CC(C)(C)c1ccccc1.CC(C)(C)c1ccccn1.CC(C)(C)c1cccs1.CC(C)(C)c1ccsc1.CC(C)C1=CCC=C1.CC(C)C1=NCC=C1.CC(C)c1ccccn1.CC(C)c1cccnc1.CC(C)c1ccn(C)n1.CC(C)c1ccncc1.CC(C)c1ccncc1.CC(C)c1cnc2ccccc2c1.CC(C)c1cncnc1.CC(C)c1cocn1.CC1=CC(C(C)C)=NC1.Cc1cc(C(C)C)nn1C. The zero-order valence-corrected chi connectivity index (χ0v) is 100. The number of nitrogens with zero attached hydrogens (tertiary/aromatic N) is 15. The number of pyridine rings is 6. The predicted octanol–water partition coefficient (Wildman–Crippen LogP) is 36.7. The highest BCUT2D eigenvalue weighted by Crippen LogP contribution is 2.29. The molecule has 17 rings (SSSR count). The van der Waals surface area contributed by atoms with Crippen LogP contribution in [0.15, 0.2) is 335 Å². The number of para-hydroxylation sites is 1. The van der Waals surface area contributed by atoms with Gasteiger partial charge in [0.25, 0.3) is 0 Å². The van der Waals surface area contributed by atoms with E-state index in [0.717, 1.165) is 47.8 Å². The van der Waals surface area contributed by atoms with Crippen molar-refractivity contribution in [1.82, 2.24) is 64.4 Å². The van der Waals surface area contributed by atoms with Crippen molar-refractivity contribution in [2.24, 2.45) is 41.8 Å². The van der Waals surface area contributed by atoms with Gasteiger partial charge in [-0.1, -0.05) is 352 Å². The standard InChI is InChI=1S/C12H13N.C10H14.C9H13N.C8H14N2.C8H13N.4C8H11N.2C8H12S.C8H12.C7H10N2.C7H12N2.C7H11N.C6H9NO/c1-9(2)11-7-10-5-3-4-6-12(10)13-8-11;1-10(2,3)9-7-5-4-6-8-9;1-9(2,3)8-6-4-5-7-10-8;1-6(2)8-5-7(3)10(4)9-8;1-6(2)8-4-7(3)5-9-8;2*1-7(2)8-3-5-9-6-4-8;1-7(2)8-4-3-5-9-6-8;1-7(2)8-5-3-4-6-9-8;1-8(2,3)7-4-5-9-6-7;1-8(2,3)7-5-4-6-9-7;1-7(2)8-5-3-4-6-8;1-6(2)7-3-8-5-9-4-7;1-6(2)7-4-5-9(3)8-7;1-6(2)7-4-3-5-8-7;1-5(2)6-3-8-4-7-6/h3-9H,1-2H3;4-8H,1-3H3;4-7H,1-3H3;5-6H,1-4H3;4,6H,5H2,1-3H3;4*3-7H,1-2H3;2*4-6H,1-3H3;3,5-7H,4H2,1-2H3;3-6H,1-2H3;4-6H,1-3H3;3-4,6H,5H2,1-2H3;3-5H,1-2H3. The maximum Gasteiger partial charge on any atom is 0.180 e. The molecular formula is C130H189N15OS2. The molecule has 3 aliphatic rings. The molecule has 0 unspecified atom stereocenters. The van der Waals surface area contributed by atoms with Gasteiger partial charge in [-0.25, -0.2) is 15.0 Å². The molecule has 14 heterocycles. The van der Waals surface area contributed by atoms with Gasteiger partial charge in [-0.2, -0.15) is 21.5 Å². The Morgan fingerprint density at radius 1 is 0.365 bits per heavy atom. The second-order valence-corrected chi connectivity index (χ2v) is 46.3. The summed E-state index contributed by atoms with van der Waals surface area (Å²) in [6.07, 6.45) is 41.2. The fourth-order valence-corrected chi connectivity index (χ4v) is 14.5. The Balaban J connectivity index is 0.000000534. The van der Waals surface area contributed by atoms with Crippen molar-refractivity contribution in [1.29, 1.82) is 0 Å². The highest BCUT2D eigenvalue weighted by molar-refractivity contribution is 7.10. The number of thiophene rings is 2. The number of fused-ring (bicyclic) bond motifs is 1. The summed E-state index contributed by atoms with van der Waals surface area (Å²) >= 11 is 3.60. The lowest BCUT2D eigenvalue weighted by atomic mass is 9.87. The van der Waals surface area contributed by atoms with Crippen LogP contribution in [0.2, 0.25) is 0 Å². The second-order valence-electron chi connectivity index (χ2n) is 44.6. The minimum absolute atomic E-state index is 0.182. The molecule has 148 heavy (non-hydrogen) atoms. The summed E-state index contributed by atoms with van der Waals surface area (Å²) in [5.41, 5.74) is 23.8. The van der Waals surface area contributed by atoms with Gasteiger partial charge in [-0.05, 0) is 271 Å². The van der Waals surface area contributed by atoms with Crippen molar-refractivity contribution in [3.05, 3.63) is 399 Å². The molecule has 2 aromatic carbocycles. The lowest BCUT2D eigenvalue weighted by molar-refractivity contribution is 0.555. The van der Waals surface area contributed by atoms with Gasteiger partial charge in [0, 0.05) is 133 Å². The van der Waals surface area contributed by atoms with Crippen LogP contribution in [0.1, 0.15) is 394 Å². The number of benzene rings is 2. The van der Waals surface area contributed by atoms with Crippen LogP contribution in [0.25, 0.3) is 10.9 Å². The zero-order valence-electron chi connectivity index (χ0n) is 98.4. The molecule has 802 valence electrons. The van der Waals surface area contributed by atoms with Crippen LogP contribution in [-0.4, -0.2) is 88.9 Å². The van der Waals surface area contributed by atoms with Crippen LogP contribution < -0.4 is 0 Å². The Labute approximate surface area is 905 Å². The summed E-state index contributed by atoms with van der Waals surface area (Å²) in [5.74, 6) is 6.96. The molecule has 0 amide bonds. The predicted molar refractivity (Wildman–Crippen MR) is 643 cm³/mol. The molecular weight excluding hydrogens is 1850 g/mol. The van der Waals surface area contributed by atoms with E-state index in [0.29, 0.717) is 87.3 Å². The van der Waals surface area contributed by atoms with E-state index in [1.54, 1.807) is 30.1 Å². The Morgan fingerprint density at radius 3 is 1.20 bits per heavy atom. The fourth-order valence-electron chi connectivity index (χ4n) is 12.8. The molecule has 0 saturated carbocycles.